The average Bonchev–Trinajstić information content (AvgIpc) is 3.62. The molecule has 0 radical (unpaired) electrons. The fourth-order valence-corrected chi connectivity index (χ4v) is 7.65. The van der Waals surface area contributed by atoms with Crippen LogP contribution in [-0.2, 0) is 0 Å². The van der Waals surface area contributed by atoms with Gasteiger partial charge in [0.2, 0.25) is 0 Å². The summed E-state index contributed by atoms with van der Waals surface area (Å²) in [5.74, 6) is 0. The number of aromatic nitrogens is 2. The van der Waals surface area contributed by atoms with E-state index in [9.17, 15) is 0 Å². The van der Waals surface area contributed by atoms with Crippen LogP contribution in [0, 0.1) is 0 Å². The summed E-state index contributed by atoms with van der Waals surface area (Å²) in [7, 11) is 0. The van der Waals surface area contributed by atoms with E-state index >= 15 is 0 Å². The maximum Gasteiger partial charge on any atom is 0.0626 e. The number of para-hydroxylation sites is 2. The number of fused-ring (bicyclic) bond motifs is 13. The SMILES string of the molecule is c1ccc(-n2c3ccccc3c3ccc(-n4c5c6ccccc6ccc5c5c6ccccc6c6ccccc6c54)cc32)cc1. The predicted octanol–water partition coefficient (Wildman–Crippen LogP) is 11.3. The number of hydrogen-bond donors (Lipinski definition) is 0. The summed E-state index contributed by atoms with van der Waals surface area (Å²) in [4.78, 5) is 0. The molecule has 0 aliphatic carbocycles. The Bertz CT molecular complexity index is 2760. The number of rotatable bonds is 2. The molecular weight excluding hydrogens is 532 g/mol. The summed E-state index contributed by atoms with van der Waals surface area (Å²) in [5, 5.41) is 12.8. The van der Waals surface area contributed by atoms with E-state index in [-0.39, 0.29) is 0 Å². The highest BCUT2D eigenvalue weighted by Crippen LogP contribution is 2.45. The lowest BCUT2D eigenvalue weighted by Gasteiger charge is -2.14. The lowest BCUT2D eigenvalue weighted by atomic mass is 9.96. The highest BCUT2D eigenvalue weighted by molar-refractivity contribution is 6.34. The molecule has 2 nitrogen and oxygen atoms in total. The Morgan fingerprint density at radius 1 is 0.295 bits per heavy atom. The summed E-state index contributed by atoms with van der Waals surface area (Å²) in [6.45, 7) is 0. The van der Waals surface area contributed by atoms with Crippen LogP contribution in [0.3, 0.4) is 0 Å². The van der Waals surface area contributed by atoms with Crippen molar-refractivity contribution in [2.75, 3.05) is 0 Å². The van der Waals surface area contributed by atoms with Gasteiger partial charge >= 0.3 is 0 Å². The van der Waals surface area contributed by atoms with E-state index in [0.717, 1.165) is 5.69 Å². The second-order valence-corrected chi connectivity index (χ2v) is 11.7. The van der Waals surface area contributed by atoms with Crippen LogP contribution in [0.25, 0.3) is 87.3 Å². The molecule has 10 rings (SSSR count). The third-order valence-corrected chi connectivity index (χ3v) is 9.45. The maximum absolute atomic E-state index is 2.54. The Hall–Kier alpha value is -5.86. The van der Waals surface area contributed by atoms with Crippen LogP contribution in [0.4, 0.5) is 0 Å². The van der Waals surface area contributed by atoms with Gasteiger partial charge in [-0.25, -0.2) is 0 Å². The molecule has 0 bridgehead atoms. The topological polar surface area (TPSA) is 9.86 Å². The Morgan fingerprint density at radius 2 is 0.886 bits per heavy atom. The van der Waals surface area contributed by atoms with Crippen LogP contribution in [0.1, 0.15) is 0 Å². The molecule has 10 aromatic rings. The van der Waals surface area contributed by atoms with Gasteiger partial charge in [-0.3, -0.25) is 0 Å². The molecule has 0 atom stereocenters. The molecule has 0 fully saturated rings. The Balaban J connectivity index is 1.45. The van der Waals surface area contributed by atoms with Crippen molar-refractivity contribution >= 4 is 75.9 Å². The maximum atomic E-state index is 2.54. The first-order chi connectivity index (χ1) is 21.9. The minimum absolute atomic E-state index is 1.16. The van der Waals surface area contributed by atoms with Crippen molar-refractivity contribution in [1.82, 2.24) is 9.13 Å². The summed E-state index contributed by atoms with van der Waals surface area (Å²) >= 11 is 0. The molecule has 0 N–H and O–H groups in total. The highest BCUT2D eigenvalue weighted by Gasteiger charge is 2.21. The quantitative estimate of drug-likeness (QED) is 0.187. The van der Waals surface area contributed by atoms with Crippen molar-refractivity contribution in [1.29, 1.82) is 0 Å². The average molecular weight is 559 g/mol. The summed E-state index contributed by atoms with van der Waals surface area (Å²) in [6, 6.07) is 57.7. The molecule has 204 valence electrons. The predicted molar refractivity (Wildman–Crippen MR) is 188 cm³/mol. The minimum atomic E-state index is 1.16. The van der Waals surface area contributed by atoms with E-state index in [0.29, 0.717) is 0 Å². The fourth-order valence-electron chi connectivity index (χ4n) is 7.65. The van der Waals surface area contributed by atoms with E-state index in [1.54, 1.807) is 0 Å². The standard InChI is InChI=1S/C42H26N2/c1-2-13-28(14-3-1)43-38-21-11-10-18-33(38)34-25-23-29(26-39(34)43)44-41-30-15-5-4-12-27(30)22-24-37(41)40-35-19-8-6-16-31(35)32-17-7-9-20-36(32)42(40)44/h1-26H. The summed E-state index contributed by atoms with van der Waals surface area (Å²) < 4.78 is 4.95. The molecule has 0 saturated carbocycles. The van der Waals surface area contributed by atoms with E-state index in [4.69, 9.17) is 0 Å². The Labute approximate surface area is 253 Å². The van der Waals surface area contributed by atoms with E-state index in [1.165, 1.54) is 81.6 Å². The van der Waals surface area contributed by atoms with Gasteiger partial charge in [-0.15, -0.1) is 0 Å². The lowest BCUT2D eigenvalue weighted by molar-refractivity contribution is 1.16. The molecule has 2 heterocycles. The van der Waals surface area contributed by atoms with Crippen LogP contribution >= 0.6 is 0 Å². The zero-order chi connectivity index (χ0) is 28.8. The third-order valence-electron chi connectivity index (χ3n) is 9.45. The largest absolute Gasteiger partial charge is 0.309 e. The lowest BCUT2D eigenvalue weighted by Crippen LogP contribution is -1.98. The van der Waals surface area contributed by atoms with Gasteiger partial charge in [0.05, 0.1) is 22.1 Å². The van der Waals surface area contributed by atoms with Crippen LogP contribution in [0.15, 0.2) is 158 Å². The van der Waals surface area contributed by atoms with Gasteiger partial charge in [-0.05, 0) is 51.9 Å². The smallest absolute Gasteiger partial charge is 0.0626 e. The molecule has 0 aliphatic rings. The van der Waals surface area contributed by atoms with Crippen molar-refractivity contribution in [2.24, 2.45) is 0 Å². The molecule has 44 heavy (non-hydrogen) atoms. The third kappa shape index (κ3) is 3.09. The van der Waals surface area contributed by atoms with Crippen molar-refractivity contribution in [3.63, 3.8) is 0 Å². The molecule has 0 aliphatic heterocycles. The van der Waals surface area contributed by atoms with Gasteiger partial charge < -0.3 is 9.13 Å². The van der Waals surface area contributed by atoms with E-state index in [1.807, 2.05) is 0 Å². The normalized spacial score (nSPS) is 12.1. The molecular formula is C42H26N2. The molecule has 0 unspecified atom stereocenters. The minimum Gasteiger partial charge on any atom is -0.309 e. The first-order valence-corrected chi connectivity index (χ1v) is 15.2. The van der Waals surface area contributed by atoms with Gasteiger partial charge in [0, 0.05) is 43.7 Å². The molecule has 2 aromatic heterocycles. The van der Waals surface area contributed by atoms with Crippen LogP contribution < -0.4 is 0 Å². The van der Waals surface area contributed by atoms with Gasteiger partial charge in [0.25, 0.3) is 0 Å². The van der Waals surface area contributed by atoms with Crippen LogP contribution in [0.2, 0.25) is 0 Å². The van der Waals surface area contributed by atoms with E-state index < -0.39 is 0 Å². The highest BCUT2D eigenvalue weighted by atomic mass is 15.0. The zero-order valence-corrected chi connectivity index (χ0v) is 23.9. The first kappa shape index (κ1) is 23.7. The van der Waals surface area contributed by atoms with Gasteiger partial charge in [-0.1, -0.05) is 127 Å². The van der Waals surface area contributed by atoms with Gasteiger partial charge in [0.1, 0.15) is 0 Å². The first-order valence-electron chi connectivity index (χ1n) is 15.2. The van der Waals surface area contributed by atoms with Gasteiger partial charge in [-0.2, -0.15) is 0 Å². The molecule has 0 saturated heterocycles. The monoisotopic (exact) mass is 558 g/mol. The second-order valence-electron chi connectivity index (χ2n) is 11.7. The molecule has 8 aromatic carbocycles. The molecule has 0 spiro atoms. The van der Waals surface area contributed by atoms with Crippen molar-refractivity contribution in [3.8, 4) is 11.4 Å². The number of hydrogen-bond acceptors (Lipinski definition) is 0. The summed E-state index contributed by atoms with van der Waals surface area (Å²) in [5.41, 5.74) is 7.26. The summed E-state index contributed by atoms with van der Waals surface area (Å²) in [6.07, 6.45) is 0. The number of nitrogens with zero attached hydrogens (tertiary/aromatic N) is 2. The zero-order valence-electron chi connectivity index (χ0n) is 23.9. The molecule has 0 amide bonds. The van der Waals surface area contributed by atoms with Crippen molar-refractivity contribution in [3.05, 3.63) is 158 Å². The van der Waals surface area contributed by atoms with E-state index in [2.05, 4.69) is 167 Å². The van der Waals surface area contributed by atoms with Crippen LogP contribution in [-0.4, -0.2) is 9.13 Å². The Morgan fingerprint density at radius 3 is 1.70 bits per heavy atom. The van der Waals surface area contributed by atoms with Crippen molar-refractivity contribution in [2.45, 2.75) is 0 Å². The fraction of sp³-hybridized carbons (Fsp3) is 0. The van der Waals surface area contributed by atoms with Gasteiger partial charge in [0.15, 0.2) is 0 Å². The van der Waals surface area contributed by atoms with Crippen molar-refractivity contribution < 1.29 is 0 Å². The Kier molecular flexibility index (Phi) is 4.75. The molecule has 2 heteroatoms. The van der Waals surface area contributed by atoms with Crippen LogP contribution in [0.5, 0.6) is 0 Å². The number of benzene rings is 8. The second kappa shape index (κ2) is 8.82.